The van der Waals surface area contributed by atoms with E-state index in [0.717, 1.165) is 12.0 Å². The molecule has 0 N–H and O–H groups in total. The topological polar surface area (TPSA) is 116 Å². The van der Waals surface area contributed by atoms with E-state index >= 15 is 0 Å². The highest BCUT2D eigenvalue weighted by atomic mass is 32.2. The molecule has 0 radical (unpaired) electrons. The van der Waals surface area contributed by atoms with Crippen LogP contribution < -0.4 is 10.5 Å². The summed E-state index contributed by atoms with van der Waals surface area (Å²) in [4.78, 5) is 38.4. The highest BCUT2D eigenvalue weighted by Gasteiger charge is 2.25. The van der Waals surface area contributed by atoms with Gasteiger partial charge >= 0.3 is 0 Å². The summed E-state index contributed by atoms with van der Waals surface area (Å²) in [6, 6.07) is 11.8. The standard InChI is InChI=1S/C23H20N6O4S/c1-2-11-27-21(31)17-7-3-4-8-19(17)28-22(27)24-25-23(28)34-14-20(30)26-12-5-6-15-13-16(29(32)33)9-10-18(15)26/h2-4,7-10,13H,1,5-6,11-12,14H2. The Labute approximate surface area is 197 Å². The Kier molecular flexibility index (Phi) is 5.62. The number of allylic oxidation sites excluding steroid dienone is 1. The number of non-ortho nitro benzene ring substituents is 1. The van der Waals surface area contributed by atoms with Crippen LogP contribution in [0.2, 0.25) is 0 Å². The summed E-state index contributed by atoms with van der Waals surface area (Å²) in [7, 11) is 0. The van der Waals surface area contributed by atoms with Crippen molar-refractivity contribution in [2.24, 2.45) is 0 Å². The van der Waals surface area contributed by atoms with Crippen LogP contribution in [0.15, 0.2) is 65.1 Å². The Morgan fingerprint density at radius 2 is 2.06 bits per heavy atom. The number of fused-ring (bicyclic) bond motifs is 4. The zero-order valence-corrected chi connectivity index (χ0v) is 18.9. The van der Waals surface area contributed by atoms with Crippen molar-refractivity contribution in [3.8, 4) is 0 Å². The molecule has 3 heterocycles. The van der Waals surface area contributed by atoms with Crippen LogP contribution in [-0.2, 0) is 17.8 Å². The Morgan fingerprint density at radius 3 is 2.85 bits per heavy atom. The molecule has 11 heteroatoms. The van der Waals surface area contributed by atoms with Crippen LogP contribution in [0, 0.1) is 10.1 Å². The van der Waals surface area contributed by atoms with Crippen molar-refractivity contribution in [3.63, 3.8) is 0 Å². The second kappa shape index (κ2) is 8.75. The molecule has 1 aliphatic rings. The number of anilines is 1. The Balaban J connectivity index is 1.47. The van der Waals surface area contributed by atoms with Crippen molar-refractivity contribution in [2.75, 3.05) is 17.2 Å². The van der Waals surface area contributed by atoms with Gasteiger partial charge in [0.05, 0.1) is 21.6 Å². The Hall–Kier alpha value is -3.99. The number of hydrogen-bond acceptors (Lipinski definition) is 7. The summed E-state index contributed by atoms with van der Waals surface area (Å²) in [6.07, 6.45) is 3.05. The first-order valence-electron chi connectivity index (χ1n) is 10.7. The van der Waals surface area contributed by atoms with E-state index in [2.05, 4.69) is 16.8 Å². The normalized spacial score (nSPS) is 13.2. The minimum atomic E-state index is -0.427. The second-order valence-corrected chi connectivity index (χ2v) is 8.79. The third-order valence-corrected chi connectivity index (χ3v) is 6.72. The fourth-order valence-electron chi connectivity index (χ4n) is 4.28. The maximum Gasteiger partial charge on any atom is 0.269 e. The summed E-state index contributed by atoms with van der Waals surface area (Å²) < 4.78 is 3.29. The number of nitro benzene ring substituents is 1. The Bertz CT molecular complexity index is 1530. The number of benzene rings is 2. The molecule has 34 heavy (non-hydrogen) atoms. The first-order valence-corrected chi connectivity index (χ1v) is 11.7. The van der Waals surface area contributed by atoms with Crippen molar-refractivity contribution in [1.82, 2.24) is 19.2 Å². The minimum Gasteiger partial charge on any atom is -0.311 e. The van der Waals surface area contributed by atoms with Crippen molar-refractivity contribution in [1.29, 1.82) is 0 Å². The molecule has 0 atom stereocenters. The van der Waals surface area contributed by atoms with E-state index < -0.39 is 4.92 Å². The molecular formula is C23H20N6O4S. The van der Waals surface area contributed by atoms with Crippen LogP contribution in [0.5, 0.6) is 0 Å². The predicted octanol–water partition coefficient (Wildman–Crippen LogP) is 3.21. The lowest BCUT2D eigenvalue weighted by molar-refractivity contribution is -0.384. The van der Waals surface area contributed by atoms with Crippen molar-refractivity contribution in [3.05, 3.63) is 81.2 Å². The number of hydrogen-bond donors (Lipinski definition) is 0. The van der Waals surface area contributed by atoms with E-state index in [1.165, 1.54) is 22.4 Å². The number of para-hydroxylation sites is 1. The number of carbonyl (C=O) groups excluding carboxylic acids is 1. The summed E-state index contributed by atoms with van der Waals surface area (Å²) in [6.45, 7) is 4.56. The predicted molar refractivity (Wildman–Crippen MR) is 129 cm³/mol. The van der Waals surface area contributed by atoms with E-state index in [4.69, 9.17) is 0 Å². The monoisotopic (exact) mass is 476 g/mol. The fraction of sp³-hybridized carbons (Fsp3) is 0.217. The van der Waals surface area contributed by atoms with Crippen LogP contribution in [0.3, 0.4) is 0 Å². The number of rotatable bonds is 6. The van der Waals surface area contributed by atoms with Gasteiger partial charge in [-0.15, -0.1) is 16.8 Å². The summed E-state index contributed by atoms with van der Waals surface area (Å²) >= 11 is 1.24. The summed E-state index contributed by atoms with van der Waals surface area (Å²) in [5.74, 6) is 0.362. The molecule has 1 amide bonds. The van der Waals surface area contributed by atoms with Crippen molar-refractivity contribution < 1.29 is 9.72 Å². The van der Waals surface area contributed by atoms with E-state index in [-0.39, 0.29) is 29.5 Å². The van der Waals surface area contributed by atoms with Gasteiger partial charge in [-0.05, 0) is 36.6 Å². The highest BCUT2D eigenvalue weighted by molar-refractivity contribution is 7.99. The number of carbonyl (C=O) groups is 1. The Morgan fingerprint density at radius 1 is 1.24 bits per heavy atom. The van der Waals surface area contributed by atoms with E-state index in [0.29, 0.717) is 40.5 Å². The second-order valence-electron chi connectivity index (χ2n) is 7.85. The zero-order valence-electron chi connectivity index (χ0n) is 18.1. The van der Waals surface area contributed by atoms with Gasteiger partial charge in [0.2, 0.25) is 11.7 Å². The van der Waals surface area contributed by atoms with Crippen LogP contribution in [-0.4, -0.2) is 42.3 Å². The third kappa shape index (κ3) is 3.63. The van der Waals surface area contributed by atoms with E-state index in [1.54, 1.807) is 39.6 Å². The van der Waals surface area contributed by atoms with Gasteiger partial charge in [0.25, 0.3) is 11.2 Å². The molecule has 5 rings (SSSR count). The van der Waals surface area contributed by atoms with Crippen LogP contribution >= 0.6 is 11.8 Å². The average Bonchev–Trinajstić information content (AvgIpc) is 3.28. The van der Waals surface area contributed by atoms with E-state index in [9.17, 15) is 19.7 Å². The summed E-state index contributed by atoms with van der Waals surface area (Å²) in [5, 5.41) is 20.6. The van der Waals surface area contributed by atoms with Crippen molar-refractivity contribution in [2.45, 2.75) is 24.5 Å². The third-order valence-electron chi connectivity index (χ3n) is 5.81. The van der Waals surface area contributed by atoms with Gasteiger partial charge in [0.15, 0.2) is 5.16 Å². The first kappa shape index (κ1) is 21.8. The molecule has 0 saturated carbocycles. The maximum absolute atomic E-state index is 13.1. The van der Waals surface area contributed by atoms with Gasteiger partial charge in [0.1, 0.15) is 0 Å². The number of nitrogens with zero attached hydrogens (tertiary/aromatic N) is 6. The first-order chi connectivity index (χ1) is 16.5. The smallest absolute Gasteiger partial charge is 0.269 e. The molecule has 0 spiro atoms. The highest BCUT2D eigenvalue weighted by Crippen LogP contribution is 2.31. The number of thioether (sulfide) groups is 1. The average molecular weight is 477 g/mol. The number of aromatic nitrogens is 4. The molecule has 1 aliphatic heterocycles. The molecule has 172 valence electrons. The lowest BCUT2D eigenvalue weighted by Crippen LogP contribution is -2.36. The van der Waals surface area contributed by atoms with Crippen LogP contribution in [0.1, 0.15) is 12.0 Å². The lowest BCUT2D eigenvalue weighted by Gasteiger charge is -2.29. The van der Waals surface area contributed by atoms with Gasteiger partial charge in [-0.2, -0.15) is 0 Å². The molecule has 0 fully saturated rings. The minimum absolute atomic E-state index is 0.0230. The largest absolute Gasteiger partial charge is 0.311 e. The van der Waals surface area contributed by atoms with Gasteiger partial charge in [0, 0.05) is 30.9 Å². The van der Waals surface area contributed by atoms with Gasteiger partial charge in [-0.1, -0.05) is 30.0 Å². The quantitative estimate of drug-likeness (QED) is 0.182. The SMILES string of the molecule is C=CCn1c(=O)c2ccccc2n2c(SCC(=O)N3CCCc4cc([N+](=O)[O-])ccc43)nnc12. The van der Waals surface area contributed by atoms with Crippen LogP contribution in [0.25, 0.3) is 16.7 Å². The van der Waals surface area contributed by atoms with Gasteiger partial charge in [-0.3, -0.25) is 28.7 Å². The number of amides is 1. The molecule has 0 aliphatic carbocycles. The van der Waals surface area contributed by atoms with E-state index in [1.807, 2.05) is 12.1 Å². The molecule has 4 aromatic rings. The fourth-order valence-corrected chi connectivity index (χ4v) is 5.10. The molecule has 2 aromatic carbocycles. The zero-order chi connectivity index (χ0) is 23.8. The molecule has 0 bridgehead atoms. The molecule has 2 aromatic heterocycles. The van der Waals surface area contributed by atoms with Gasteiger partial charge in [-0.25, -0.2) is 0 Å². The molecule has 0 unspecified atom stereocenters. The summed E-state index contributed by atoms with van der Waals surface area (Å²) in [5.41, 5.74) is 2.01. The van der Waals surface area contributed by atoms with Crippen LogP contribution in [0.4, 0.5) is 11.4 Å². The van der Waals surface area contributed by atoms with Crippen molar-refractivity contribution >= 4 is 45.7 Å². The maximum atomic E-state index is 13.1. The molecule has 0 saturated heterocycles. The number of aryl methyl sites for hydroxylation is 1. The molecular weight excluding hydrogens is 456 g/mol. The van der Waals surface area contributed by atoms with Gasteiger partial charge < -0.3 is 4.90 Å². The lowest BCUT2D eigenvalue weighted by atomic mass is 10.0. The number of nitro groups is 1. The molecule has 10 nitrogen and oxygen atoms in total.